The Hall–Kier alpha value is -1.29. The third kappa shape index (κ3) is 3.38. The van der Waals surface area contributed by atoms with E-state index in [1.165, 1.54) is 6.07 Å². The molecule has 0 aliphatic rings. The van der Waals surface area contributed by atoms with Crippen molar-refractivity contribution in [1.29, 1.82) is 0 Å². The highest BCUT2D eigenvalue weighted by atomic mass is 35.5. The molecule has 5 heteroatoms. The minimum absolute atomic E-state index is 0.0557. The van der Waals surface area contributed by atoms with Crippen LogP contribution in [0.5, 0.6) is 5.75 Å². The third-order valence-electron chi connectivity index (χ3n) is 2.64. The topological polar surface area (TPSA) is 35.2 Å². The van der Waals surface area contributed by atoms with Crippen LogP contribution >= 0.6 is 23.2 Å². The summed E-state index contributed by atoms with van der Waals surface area (Å²) >= 11 is 11.9. The van der Waals surface area contributed by atoms with Crippen LogP contribution in [0.3, 0.4) is 0 Å². The van der Waals surface area contributed by atoms with Gasteiger partial charge in [0.05, 0.1) is 10.0 Å². The van der Waals surface area contributed by atoms with E-state index in [1.807, 2.05) is 0 Å². The largest absolute Gasteiger partial charge is 0.486 e. The molecule has 0 spiro atoms. The van der Waals surface area contributed by atoms with Gasteiger partial charge in [0.15, 0.2) is 5.75 Å². The van der Waals surface area contributed by atoms with Crippen molar-refractivity contribution in [3.63, 3.8) is 0 Å². The van der Waals surface area contributed by atoms with Gasteiger partial charge in [-0.3, -0.25) is 0 Å². The fraction of sp³-hybridized carbons (Fsp3) is 0.143. The lowest BCUT2D eigenvalue weighted by Crippen LogP contribution is -2.02. The summed E-state index contributed by atoms with van der Waals surface area (Å²) in [6.45, 7) is 0.356. The Morgan fingerprint density at radius 1 is 1.11 bits per heavy atom. The lowest BCUT2D eigenvalue weighted by molar-refractivity contribution is 0.300. The zero-order chi connectivity index (χ0) is 13.8. The lowest BCUT2D eigenvalue weighted by Gasteiger charge is -2.10. The summed E-state index contributed by atoms with van der Waals surface area (Å²) in [7, 11) is 0. The monoisotopic (exact) mass is 299 g/mol. The van der Waals surface area contributed by atoms with E-state index in [0.29, 0.717) is 27.9 Å². The minimum Gasteiger partial charge on any atom is -0.486 e. The summed E-state index contributed by atoms with van der Waals surface area (Å²) in [6, 6.07) is 9.84. The number of nitrogens with two attached hydrogens (primary N) is 1. The first-order valence-electron chi connectivity index (χ1n) is 5.66. The Labute approximate surface area is 120 Å². The van der Waals surface area contributed by atoms with E-state index in [4.69, 9.17) is 33.7 Å². The summed E-state index contributed by atoms with van der Waals surface area (Å²) in [4.78, 5) is 0. The van der Waals surface area contributed by atoms with Gasteiger partial charge in [0.1, 0.15) is 12.4 Å². The molecular weight excluding hydrogens is 288 g/mol. The van der Waals surface area contributed by atoms with Crippen molar-refractivity contribution in [2.24, 2.45) is 5.73 Å². The number of halogens is 3. The van der Waals surface area contributed by atoms with Gasteiger partial charge in [-0.15, -0.1) is 0 Å². The van der Waals surface area contributed by atoms with E-state index in [2.05, 4.69) is 0 Å². The van der Waals surface area contributed by atoms with Crippen molar-refractivity contribution in [1.82, 2.24) is 0 Å². The minimum atomic E-state index is -0.355. The van der Waals surface area contributed by atoms with Gasteiger partial charge in [-0.05, 0) is 23.8 Å². The van der Waals surface area contributed by atoms with Crippen LogP contribution in [0.15, 0.2) is 36.4 Å². The molecule has 0 fully saturated rings. The second kappa shape index (κ2) is 6.24. The van der Waals surface area contributed by atoms with E-state index in [9.17, 15) is 4.39 Å². The molecule has 2 nitrogen and oxygen atoms in total. The van der Waals surface area contributed by atoms with Gasteiger partial charge in [-0.25, -0.2) is 4.39 Å². The van der Waals surface area contributed by atoms with Crippen LogP contribution < -0.4 is 10.5 Å². The van der Waals surface area contributed by atoms with Crippen LogP contribution in [-0.4, -0.2) is 0 Å². The highest BCUT2D eigenvalue weighted by molar-refractivity contribution is 6.37. The SMILES string of the molecule is NCc1ccc(COc2c(Cl)cccc2Cl)c(F)c1. The number of benzene rings is 2. The molecule has 0 saturated heterocycles. The second-order valence-electron chi connectivity index (χ2n) is 3.97. The Balaban J connectivity index is 2.15. The third-order valence-corrected chi connectivity index (χ3v) is 3.24. The molecule has 100 valence electrons. The summed E-state index contributed by atoms with van der Waals surface area (Å²) in [5.41, 5.74) is 6.60. The smallest absolute Gasteiger partial charge is 0.156 e. The molecule has 0 bridgehead atoms. The van der Waals surface area contributed by atoms with E-state index in [-0.39, 0.29) is 12.4 Å². The molecule has 0 heterocycles. The number of rotatable bonds is 4. The van der Waals surface area contributed by atoms with Crippen molar-refractivity contribution in [3.8, 4) is 5.75 Å². The maximum atomic E-state index is 13.7. The van der Waals surface area contributed by atoms with Gasteiger partial charge in [-0.2, -0.15) is 0 Å². The molecule has 2 aromatic carbocycles. The Kier molecular flexibility index (Phi) is 4.64. The molecular formula is C14H12Cl2FNO. The highest BCUT2D eigenvalue weighted by Crippen LogP contribution is 2.33. The second-order valence-corrected chi connectivity index (χ2v) is 4.78. The van der Waals surface area contributed by atoms with Crippen molar-refractivity contribution < 1.29 is 9.13 Å². The maximum absolute atomic E-state index is 13.7. The molecule has 0 aliphatic carbocycles. The summed E-state index contributed by atoms with van der Waals surface area (Å²) in [5, 5.41) is 0.790. The molecule has 0 saturated carbocycles. The van der Waals surface area contributed by atoms with E-state index in [0.717, 1.165) is 5.56 Å². The Bertz CT molecular complexity index is 569. The number of hydrogen-bond donors (Lipinski definition) is 1. The molecule has 0 unspecified atom stereocenters. The van der Waals surface area contributed by atoms with Crippen LogP contribution in [0.25, 0.3) is 0 Å². The van der Waals surface area contributed by atoms with Crippen molar-refractivity contribution >= 4 is 23.2 Å². The molecule has 2 N–H and O–H groups in total. The van der Waals surface area contributed by atoms with Crippen molar-refractivity contribution in [3.05, 3.63) is 63.4 Å². The normalized spacial score (nSPS) is 10.5. The highest BCUT2D eigenvalue weighted by Gasteiger charge is 2.09. The molecule has 19 heavy (non-hydrogen) atoms. The number of para-hydroxylation sites is 1. The van der Waals surface area contributed by atoms with Gasteiger partial charge in [0.25, 0.3) is 0 Å². The average Bonchev–Trinajstić information content (AvgIpc) is 2.39. The van der Waals surface area contributed by atoms with E-state index in [1.54, 1.807) is 30.3 Å². The van der Waals surface area contributed by atoms with Crippen molar-refractivity contribution in [2.45, 2.75) is 13.2 Å². The Morgan fingerprint density at radius 2 is 1.79 bits per heavy atom. The predicted molar refractivity (Wildman–Crippen MR) is 75.1 cm³/mol. The molecule has 0 aliphatic heterocycles. The van der Waals surface area contributed by atoms with Crippen molar-refractivity contribution in [2.75, 3.05) is 0 Å². The number of ether oxygens (including phenoxy) is 1. The molecule has 2 aromatic rings. The van der Waals surface area contributed by atoms with Gasteiger partial charge < -0.3 is 10.5 Å². The standard InChI is InChI=1S/C14H12Cl2FNO/c15-11-2-1-3-12(16)14(11)19-8-10-5-4-9(7-18)6-13(10)17/h1-6H,7-8,18H2. The molecule has 0 amide bonds. The zero-order valence-electron chi connectivity index (χ0n) is 10.00. The molecule has 0 atom stereocenters. The van der Waals surface area contributed by atoms with Crippen LogP contribution in [0.4, 0.5) is 4.39 Å². The van der Waals surface area contributed by atoms with Gasteiger partial charge in [0.2, 0.25) is 0 Å². The fourth-order valence-corrected chi connectivity index (χ4v) is 2.11. The van der Waals surface area contributed by atoms with E-state index < -0.39 is 0 Å². The molecule has 2 rings (SSSR count). The van der Waals surface area contributed by atoms with Gasteiger partial charge in [0, 0.05) is 12.1 Å². The number of hydrogen-bond acceptors (Lipinski definition) is 2. The average molecular weight is 300 g/mol. The molecule has 0 aromatic heterocycles. The first-order valence-corrected chi connectivity index (χ1v) is 6.41. The van der Waals surface area contributed by atoms with Crippen LogP contribution in [0.2, 0.25) is 10.0 Å². The first kappa shape index (κ1) is 14.1. The fourth-order valence-electron chi connectivity index (χ4n) is 1.61. The zero-order valence-corrected chi connectivity index (χ0v) is 11.5. The predicted octanol–water partition coefficient (Wildman–Crippen LogP) is 4.17. The maximum Gasteiger partial charge on any atom is 0.156 e. The first-order chi connectivity index (χ1) is 9.11. The molecule has 0 radical (unpaired) electrons. The quantitative estimate of drug-likeness (QED) is 0.919. The summed E-state index contributed by atoms with van der Waals surface area (Å²) in [5.74, 6) is -0.000684. The van der Waals surface area contributed by atoms with E-state index >= 15 is 0 Å². The van der Waals surface area contributed by atoms with Crippen LogP contribution in [0, 0.1) is 5.82 Å². The van der Waals surface area contributed by atoms with Crippen LogP contribution in [0.1, 0.15) is 11.1 Å². The van der Waals surface area contributed by atoms with Gasteiger partial charge >= 0.3 is 0 Å². The van der Waals surface area contributed by atoms with Crippen LogP contribution in [-0.2, 0) is 13.2 Å². The lowest BCUT2D eigenvalue weighted by atomic mass is 10.1. The summed E-state index contributed by atoms with van der Waals surface area (Å²) in [6.07, 6.45) is 0. The van der Waals surface area contributed by atoms with Gasteiger partial charge in [-0.1, -0.05) is 41.4 Å². The Morgan fingerprint density at radius 3 is 2.37 bits per heavy atom. The summed E-state index contributed by atoms with van der Waals surface area (Å²) < 4.78 is 19.2.